The molecule has 0 aliphatic rings. The second kappa shape index (κ2) is 18.0. The molecule has 0 aromatic heterocycles. The van der Waals surface area contributed by atoms with Gasteiger partial charge in [0.25, 0.3) is 0 Å². The Hall–Kier alpha value is -0.0105. The third kappa shape index (κ3) is 20.5. The summed E-state index contributed by atoms with van der Waals surface area (Å²) in [5.74, 6) is -0.655. The molecule has 19 heavy (non-hydrogen) atoms. The molecule has 0 aromatic carbocycles. The predicted octanol–water partition coefficient (Wildman–Crippen LogP) is 5.55. The minimum Gasteiger partial charge on any atom is -0.481 e. The van der Waals surface area contributed by atoms with Crippen LogP contribution in [0.5, 0.6) is 0 Å². The van der Waals surface area contributed by atoms with E-state index in [1.54, 1.807) is 0 Å². The van der Waals surface area contributed by atoms with Gasteiger partial charge in [-0.15, -0.1) is 0 Å². The maximum Gasteiger partial charge on any atom is 0.303 e. The molecule has 0 unspecified atom stereocenters. The summed E-state index contributed by atoms with van der Waals surface area (Å²) in [7, 11) is 0. The number of aliphatic carboxylic acids is 1. The van der Waals surface area contributed by atoms with Gasteiger partial charge in [0.2, 0.25) is 0 Å². The summed E-state index contributed by atoms with van der Waals surface area (Å²) < 4.78 is 0. The van der Waals surface area contributed by atoms with Gasteiger partial charge in [-0.2, -0.15) is 0 Å². The third-order valence-corrected chi connectivity index (χ3v) is 3.49. The number of rotatable bonds is 14. The van der Waals surface area contributed by atoms with E-state index in [9.17, 15) is 4.79 Å². The smallest absolute Gasteiger partial charge is 0.303 e. The average molecular weight is 320 g/mol. The second-order valence-corrected chi connectivity index (χ2v) is 5.39. The van der Waals surface area contributed by atoms with E-state index in [2.05, 4.69) is 6.92 Å². The van der Waals surface area contributed by atoms with Gasteiger partial charge < -0.3 is 5.11 Å². The predicted molar refractivity (Wildman–Crippen MR) is 77.9 cm³/mol. The van der Waals surface area contributed by atoms with Gasteiger partial charge in [0, 0.05) is 23.5 Å². The summed E-state index contributed by atoms with van der Waals surface area (Å²) in [4.78, 5) is 10.3. The zero-order valence-corrected chi connectivity index (χ0v) is 13.5. The zero-order valence-electron chi connectivity index (χ0n) is 12.6. The standard InChI is InChI=1S/C16H32O2.Cu/c1-2-3-4-5-6-7-8-9-10-11-12-13-14-15-16(17)18;/h2-15H2,1H3,(H,17,18);. The molecule has 0 rings (SSSR count). The van der Waals surface area contributed by atoms with E-state index in [1.165, 1.54) is 70.6 Å². The van der Waals surface area contributed by atoms with Crippen molar-refractivity contribution in [1.82, 2.24) is 0 Å². The van der Waals surface area contributed by atoms with E-state index in [0.29, 0.717) is 6.42 Å². The number of unbranched alkanes of at least 4 members (excludes halogenated alkanes) is 12. The maximum absolute atomic E-state index is 10.3. The summed E-state index contributed by atoms with van der Waals surface area (Å²) in [5, 5.41) is 8.49. The summed E-state index contributed by atoms with van der Waals surface area (Å²) in [6.07, 6.45) is 17.3. The molecule has 0 fully saturated rings. The Labute approximate surface area is 130 Å². The molecular weight excluding hydrogens is 288 g/mol. The van der Waals surface area contributed by atoms with Gasteiger partial charge >= 0.3 is 5.97 Å². The Morgan fingerprint density at radius 1 is 0.684 bits per heavy atom. The Bertz CT molecular complexity index is 184. The van der Waals surface area contributed by atoms with Crippen LogP contribution >= 0.6 is 0 Å². The van der Waals surface area contributed by atoms with E-state index in [1.807, 2.05) is 0 Å². The molecule has 0 spiro atoms. The van der Waals surface area contributed by atoms with Crippen LogP contribution in [-0.4, -0.2) is 11.1 Å². The van der Waals surface area contributed by atoms with Crippen LogP contribution < -0.4 is 0 Å². The molecule has 2 nitrogen and oxygen atoms in total. The van der Waals surface area contributed by atoms with Crippen molar-refractivity contribution in [2.45, 2.75) is 96.8 Å². The molecule has 0 saturated heterocycles. The van der Waals surface area contributed by atoms with E-state index in [4.69, 9.17) is 5.11 Å². The molecule has 0 aliphatic heterocycles. The van der Waals surface area contributed by atoms with Crippen molar-refractivity contribution in [3.05, 3.63) is 0 Å². The van der Waals surface area contributed by atoms with Gasteiger partial charge in [-0.05, 0) is 6.42 Å². The monoisotopic (exact) mass is 319 g/mol. The minimum absolute atomic E-state index is 0. The Kier molecular flexibility index (Phi) is 20.2. The van der Waals surface area contributed by atoms with Crippen LogP contribution in [-0.2, 0) is 21.9 Å². The Morgan fingerprint density at radius 2 is 1.00 bits per heavy atom. The fourth-order valence-corrected chi connectivity index (χ4v) is 2.29. The van der Waals surface area contributed by atoms with Crippen molar-refractivity contribution in [3.8, 4) is 0 Å². The van der Waals surface area contributed by atoms with Crippen LogP contribution in [0.25, 0.3) is 0 Å². The molecule has 1 N–H and O–H groups in total. The molecule has 0 aliphatic carbocycles. The van der Waals surface area contributed by atoms with Gasteiger partial charge in [-0.3, -0.25) is 4.79 Å². The Morgan fingerprint density at radius 3 is 1.32 bits per heavy atom. The molecule has 0 saturated carbocycles. The van der Waals surface area contributed by atoms with Gasteiger partial charge in [0.1, 0.15) is 0 Å². The SMILES string of the molecule is CCCCCCCCCCCCCCCC(=O)O.[Cu]. The van der Waals surface area contributed by atoms with Gasteiger partial charge in [-0.25, -0.2) is 0 Å². The first-order valence-electron chi connectivity index (χ1n) is 7.99. The van der Waals surface area contributed by atoms with Crippen LogP contribution in [0.1, 0.15) is 96.8 Å². The van der Waals surface area contributed by atoms with Crippen molar-refractivity contribution < 1.29 is 27.0 Å². The summed E-state index contributed by atoms with van der Waals surface area (Å²) in [5.41, 5.74) is 0. The van der Waals surface area contributed by atoms with Crippen LogP contribution in [0.3, 0.4) is 0 Å². The molecule has 119 valence electrons. The zero-order chi connectivity index (χ0) is 13.5. The van der Waals surface area contributed by atoms with Crippen molar-refractivity contribution in [2.75, 3.05) is 0 Å². The maximum atomic E-state index is 10.3. The number of hydrogen-bond donors (Lipinski definition) is 1. The van der Waals surface area contributed by atoms with Gasteiger partial charge in [0.05, 0.1) is 0 Å². The van der Waals surface area contributed by atoms with E-state index in [-0.39, 0.29) is 17.1 Å². The van der Waals surface area contributed by atoms with Crippen LogP contribution in [0.15, 0.2) is 0 Å². The number of carboxylic acid groups (broad SMARTS) is 1. The molecule has 0 heterocycles. The molecule has 0 bridgehead atoms. The van der Waals surface area contributed by atoms with Crippen LogP contribution in [0, 0.1) is 0 Å². The fraction of sp³-hybridized carbons (Fsp3) is 0.938. The molecule has 0 atom stereocenters. The molecule has 1 radical (unpaired) electrons. The fourth-order valence-electron chi connectivity index (χ4n) is 2.29. The topological polar surface area (TPSA) is 37.3 Å². The van der Waals surface area contributed by atoms with Crippen LogP contribution in [0.4, 0.5) is 0 Å². The normalized spacial score (nSPS) is 10.2. The molecule has 0 amide bonds. The van der Waals surface area contributed by atoms with Gasteiger partial charge in [-0.1, -0.05) is 84.0 Å². The summed E-state index contributed by atoms with van der Waals surface area (Å²) >= 11 is 0. The molecular formula is C16H32CuO2. The average Bonchev–Trinajstić information content (AvgIpc) is 2.34. The van der Waals surface area contributed by atoms with E-state index in [0.717, 1.165) is 12.8 Å². The first-order chi connectivity index (χ1) is 8.77. The van der Waals surface area contributed by atoms with E-state index < -0.39 is 5.97 Å². The van der Waals surface area contributed by atoms with Crippen molar-refractivity contribution >= 4 is 5.97 Å². The van der Waals surface area contributed by atoms with Gasteiger partial charge in [0.15, 0.2) is 0 Å². The number of carbonyl (C=O) groups is 1. The molecule has 3 heteroatoms. The van der Waals surface area contributed by atoms with E-state index >= 15 is 0 Å². The Balaban J connectivity index is 0. The van der Waals surface area contributed by atoms with Crippen molar-refractivity contribution in [2.24, 2.45) is 0 Å². The second-order valence-electron chi connectivity index (χ2n) is 5.39. The molecule has 0 aromatic rings. The first kappa shape index (κ1) is 21.3. The quantitative estimate of drug-likeness (QED) is 0.336. The van der Waals surface area contributed by atoms with Crippen LogP contribution in [0.2, 0.25) is 0 Å². The minimum atomic E-state index is -0.655. The first-order valence-corrected chi connectivity index (χ1v) is 7.99. The summed E-state index contributed by atoms with van der Waals surface area (Å²) in [6, 6.07) is 0. The third-order valence-electron chi connectivity index (χ3n) is 3.49. The number of hydrogen-bond acceptors (Lipinski definition) is 1. The van der Waals surface area contributed by atoms with Crippen molar-refractivity contribution in [1.29, 1.82) is 0 Å². The number of carboxylic acids is 1. The summed E-state index contributed by atoms with van der Waals surface area (Å²) in [6.45, 7) is 2.26. The largest absolute Gasteiger partial charge is 0.481 e. The van der Waals surface area contributed by atoms with Crippen molar-refractivity contribution in [3.63, 3.8) is 0 Å².